The SMILES string of the molecule is COc1ccc(Cl)cc1NC(=O)N1Cc2ccccc2-n2cccc2[C@H]1c1ccc(C)cc1. The van der Waals surface area contributed by atoms with E-state index in [9.17, 15) is 4.79 Å². The fourth-order valence-electron chi connectivity index (χ4n) is 4.40. The lowest BCUT2D eigenvalue weighted by atomic mass is 10.0. The van der Waals surface area contributed by atoms with Crippen LogP contribution in [0.15, 0.2) is 85.1 Å². The topological polar surface area (TPSA) is 46.5 Å². The maximum Gasteiger partial charge on any atom is 0.323 e. The summed E-state index contributed by atoms with van der Waals surface area (Å²) in [4.78, 5) is 15.7. The minimum atomic E-state index is -0.279. The number of halogens is 1. The number of urea groups is 1. The van der Waals surface area contributed by atoms with Crippen molar-refractivity contribution < 1.29 is 9.53 Å². The average molecular weight is 458 g/mol. The normalized spacial score (nSPS) is 14.8. The van der Waals surface area contributed by atoms with Gasteiger partial charge in [0.15, 0.2) is 0 Å². The van der Waals surface area contributed by atoms with Crippen molar-refractivity contribution in [2.45, 2.75) is 19.5 Å². The highest BCUT2D eigenvalue weighted by atomic mass is 35.5. The van der Waals surface area contributed by atoms with Gasteiger partial charge >= 0.3 is 6.03 Å². The number of hydrogen-bond acceptors (Lipinski definition) is 2. The number of carbonyl (C=O) groups is 1. The van der Waals surface area contributed by atoms with Crippen molar-refractivity contribution in [1.29, 1.82) is 0 Å². The summed E-state index contributed by atoms with van der Waals surface area (Å²) in [6.07, 6.45) is 2.05. The number of ether oxygens (including phenoxy) is 1. The van der Waals surface area contributed by atoms with Gasteiger partial charge in [0.1, 0.15) is 5.75 Å². The first-order chi connectivity index (χ1) is 16.0. The number of amides is 2. The second-order valence-electron chi connectivity index (χ2n) is 8.15. The molecule has 166 valence electrons. The fourth-order valence-corrected chi connectivity index (χ4v) is 4.58. The highest BCUT2D eigenvalue weighted by Gasteiger charge is 2.33. The van der Waals surface area contributed by atoms with Crippen LogP contribution >= 0.6 is 11.6 Å². The molecule has 0 fully saturated rings. The zero-order chi connectivity index (χ0) is 22.9. The van der Waals surface area contributed by atoms with Crippen LogP contribution in [0, 0.1) is 6.92 Å². The van der Waals surface area contributed by atoms with Crippen LogP contribution in [0.25, 0.3) is 5.69 Å². The number of aromatic nitrogens is 1. The Hall–Kier alpha value is -3.70. The van der Waals surface area contributed by atoms with E-state index in [1.165, 1.54) is 5.56 Å². The molecule has 1 aliphatic rings. The van der Waals surface area contributed by atoms with Crippen molar-refractivity contribution >= 4 is 23.3 Å². The summed E-state index contributed by atoms with van der Waals surface area (Å²) in [6.45, 7) is 2.51. The van der Waals surface area contributed by atoms with Gasteiger partial charge in [-0.2, -0.15) is 0 Å². The average Bonchev–Trinajstić information content (AvgIpc) is 3.24. The third-order valence-corrected chi connectivity index (χ3v) is 6.26. The van der Waals surface area contributed by atoms with Gasteiger partial charge in [0.2, 0.25) is 0 Å². The Morgan fingerprint density at radius 3 is 2.61 bits per heavy atom. The Morgan fingerprint density at radius 1 is 1.03 bits per heavy atom. The van der Waals surface area contributed by atoms with Crippen molar-refractivity contribution in [2.24, 2.45) is 0 Å². The summed E-state index contributed by atoms with van der Waals surface area (Å²) in [6, 6.07) is 25.3. The van der Waals surface area contributed by atoms with E-state index in [0.717, 1.165) is 22.5 Å². The first kappa shape index (κ1) is 21.2. The lowest BCUT2D eigenvalue weighted by Crippen LogP contribution is -2.38. The molecule has 0 radical (unpaired) electrons. The van der Waals surface area contributed by atoms with E-state index in [2.05, 4.69) is 65.5 Å². The molecule has 3 aromatic carbocycles. The van der Waals surface area contributed by atoms with Crippen molar-refractivity contribution in [3.05, 3.63) is 112 Å². The molecule has 0 unspecified atom stereocenters. The lowest BCUT2D eigenvalue weighted by Gasteiger charge is -2.31. The third kappa shape index (κ3) is 3.96. The molecular weight excluding hydrogens is 434 g/mol. The molecule has 0 bridgehead atoms. The van der Waals surface area contributed by atoms with Gasteiger partial charge < -0.3 is 19.5 Å². The van der Waals surface area contributed by atoms with Gasteiger partial charge in [-0.25, -0.2) is 4.79 Å². The standard InChI is InChI=1S/C27H24ClN3O2/c1-18-9-11-19(12-10-18)26-24-8-5-15-30(24)23-7-4-3-6-20(23)17-31(26)27(32)29-22-16-21(28)13-14-25(22)33-2/h3-16,26H,17H2,1-2H3,(H,29,32)/t26-/m1/s1. The summed E-state index contributed by atoms with van der Waals surface area (Å²) in [7, 11) is 1.57. The van der Waals surface area contributed by atoms with Crippen molar-refractivity contribution in [3.8, 4) is 11.4 Å². The number of benzene rings is 3. The number of nitrogens with zero attached hydrogens (tertiary/aromatic N) is 2. The van der Waals surface area contributed by atoms with Crippen LogP contribution in [0.3, 0.4) is 0 Å². The summed E-state index contributed by atoms with van der Waals surface area (Å²) >= 11 is 6.20. The smallest absolute Gasteiger partial charge is 0.323 e. The molecule has 0 saturated carbocycles. The summed E-state index contributed by atoms with van der Waals surface area (Å²) in [5, 5.41) is 3.56. The first-order valence-corrected chi connectivity index (χ1v) is 11.2. The quantitative estimate of drug-likeness (QED) is 0.377. The lowest BCUT2D eigenvalue weighted by molar-refractivity contribution is 0.194. The van der Waals surface area contributed by atoms with Crippen LogP contribution in [0.4, 0.5) is 10.5 Å². The predicted molar refractivity (Wildman–Crippen MR) is 131 cm³/mol. The molecule has 1 aliphatic heterocycles. The number of methoxy groups -OCH3 is 1. The van der Waals surface area contributed by atoms with Crippen molar-refractivity contribution in [1.82, 2.24) is 9.47 Å². The Bertz CT molecular complexity index is 1310. The molecule has 2 amide bonds. The molecular formula is C27H24ClN3O2. The first-order valence-electron chi connectivity index (χ1n) is 10.8. The molecule has 0 aliphatic carbocycles. The molecule has 33 heavy (non-hydrogen) atoms. The number of nitrogens with one attached hydrogen (secondary N) is 1. The Balaban J connectivity index is 1.63. The van der Waals surface area contributed by atoms with E-state index in [4.69, 9.17) is 16.3 Å². The van der Waals surface area contributed by atoms with Gasteiger partial charge in [0.25, 0.3) is 0 Å². The van der Waals surface area contributed by atoms with Crippen LogP contribution in [0.1, 0.15) is 28.4 Å². The molecule has 0 spiro atoms. The Morgan fingerprint density at radius 2 is 1.82 bits per heavy atom. The van der Waals surface area contributed by atoms with E-state index in [1.54, 1.807) is 25.3 Å². The van der Waals surface area contributed by atoms with Gasteiger partial charge in [0, 0.05) is 16.9 Å². The molecule has 4 aromatic rings. The predicted octanol–water partition coefficient (Wildman–Crippen LogP) is 6.58. The minimum absolute atomic E-state index is 0.231. The van der Waals surface area contributed by atoms with Gasteiger partial charge in [-0.05, 0) is 54.4 Å². The zero-order valence-corrected chi connectivity index (χ0v) is 19.2. The Labute approximate surface area is 198 Å². The van der Waals surface area contributed by atoms with Crippen molar-refractivity contribution in [3.63, 3.8) is 0 Å². The number of anilines is 1. The van der Waals surface area contributed by atoms with E-state index < -0.39 is 0 Å². The monoisotopic (exact) mass is 457 g/mol. The van der Waals surface area contributed by atoms with Gasteiger partial charge in [-0.15, -0.1) is 0 Å². The van der Waals surface area contributed by atoms with Crippen LogP contribution in [-0.4, -0.2) is 22.6 Å². The third-order valence-electron chi connectivity index (χ3n) is 6.02. The maximum atomic E-state index is 13.8. The van der Waals surface area contributed by atoms with Crippen LogP contribution < -0.4 is 10.1 Å². The Kier molecular flexibility index (Phi) is 5.56. The summed E-state index contributed by atoms with van der Waals surface area (Å²) < 4.78 is 7.62. The molecule has 1 N–H and O–H groups in total. The summed E-state index contributed by atoms with van der Waals surface area (Å²) in [5.74, 6) is 0.554. The number of carbonyl (C=O) groups excluding carboxylic acids is 1. The van der Waals surface area contributed by atoms with Crippen LogP contribution in [-0.2, 0) is 6.54 Å². The largest absolute Gasteiger partial charge is 0.495 e. The molecule has 0 saturated heterocycles. The zero-order valence-electron chi connectivity index (χ0n) is 18.5. The minimum Gasteiger partial charge on any atom is -0.495 e. The second kappa shape index (κ2) is 8.68. The molecule has 1 aromatic heterocycles. The van der Waals surface area contributed by atoms with E-state index in [0.29, 0.717) is 23.0 Å². The molecule has 2 heterocycles. The second-order valence-corrected chi connectivity index (χ2v) is 8.58. The van der Waals surface area contributed by atoms with E-state index in [1.807, 2.05) is 23.1 Å². The molecule has 1 atom stereocenters. The number of rotatable bonds is 3. The van der Waals surface area contributed by atoms with E-state index in [-0.39, 0.29) is 12.1 Å². The van der Waals surface area contributed by atoms with Crippen LogP contribution in [0.2, 0.25) is 5.02 Å². The van der Waals surface area contributed by atoms with Crippen LogP contribution in [0.5, 0.6) is 5.75 Å². The number of aryl methyl sites for hydroxylation is 1. The van der Waals surface area contributed by atoms with Gasteiger partial charge in [0.05, 0.1) is 31.1 Å². The summed E-state index contributed by atoms with van der Waals surface area (Å²) in [5.41, 5.74) is 5.91. The molecule has 5 rings (SSSR count). The van der Waals surface area contributed by atoms with Gasteiger partial charge in [-0.3, -0.25) is 0 Å². The molecule has 6 heteroatoms. The number of hydrogen-bond donors (Lipinski definition) is 1. The van der Waals surface area contributed by atoms with E-state index >= 15 is 0 Å². The number of fused-ring (bicyclic) bond motifs is 3. The van der Waals surface area contributed by atoms with Gasteiger partial charge in [-0.1, -0.05) is 59.6 Å². The molecule has 5 nitrogen and oxygen atoms in total. The maximum absolute atomic E-state index is 13.8. The number of para-hydroxylation sites is 1. The fraction of sp³-hybridized carbons (Fsp3) is 0.148. The highest BCUT2D eigenvalue weighted by Crippen LogP contribution is 2.37. The van der Waals surface area contributed by atoms with Crippen molar-refractivity contribution in [2.75, 3.05) is 12.4 Å². The highest BCUT2D eigenvalue weighted by molar-refractivity contribution is 6.31.